The van der Waals surface area contributed by atoms with Gasteiger partial charge >= 0.3 is 0 Å². The van der Waals surface area contributed by atoms with Crippen LogP contribution in [0, 0.1) is 0 Å². The van der Waals surface area contributed by atoms with Gasteiger partial charge in [0.05, 0.1) is 0 Å². The topological polar surface area (TPSA) is 15.3 Å². The van der Waals surface area contributed by atoms with Crippen molar-refractivity contribution in [2.45, 2.75) is 18.5 Å². The highest BCUT2D eigenvalue weighted by Gasteiger charge is 2.32. The molecule has 2 nitrogen and oxygen atoms in total. The minimum Gasteiger partial charge on any atom is -0.315 e. The number of hydrogen-bond acceptors (Lipinski definition) is 3. The minimum absolute atomic E-state index is 0.778. The average Bonchev–Trinajstić information content (AvgIpc) is 2.37. The van der Waals surface area contributed by atoms with Gasteiger partial charge in [0.25, 0.3) is 0 Å². The van der Waals surface area contributed by atoms with Crippen LogP contribution in [0.4, 0.5) is 0 Å². The number of thioether (sulfide) groups is 1. The Balaban J connectivity index is 1.73. The molecular weight excluding hydrogens is 156 g/mol. The molecule has 2 fully saturated rings. The lowest BCUT2D eigenvalue weighted by atomic mass is 10.1. The van der Waals surface area contributed by atoms with Gasteiger partial charge in [0.2, 0.25) is 0 Å². The molecule has 3 heteroatoms. The van der Waals surface area contributed by atoms with Gasteiger partial charge in [0.15, 0.2) is 0 Å². The van der Waals surface area contributed by atoms with Crippen LogP contribution in [-0.4, -0.2) is 48.6 Å². The van der Waals surface area contributed by atoms with Gasteiger partial charge in [-0.1, -0.05) is 0 Å². The van der Waals surface area contributed by atoms with Crippen molar-refractivity contribution in [1.29, 1.82) is 0 Å². The Kier molecular flexibility index (Phi) is 2.39. The molecule has 0 amide bonds. The highest BCUT2D eigenvalue weighted by atomic mass is 32.2. The van der Waals surface area contributed by atoms with Gasteiger partial charge in [-0.05, 0) is 19.2 Å². The number of rotatable bonds is 2. The SMILES string of the molecule is CNC1CN([C@H]2CCSC2)C1. The van der Waals surface area contributed by atoms with Crippen LogP contribution in [0.5, 0.6) is 0 Å². The summed E-state index contributed by atoms with van der Waals surface area (Å²) in [4.78, 5) is 2.61. The molecule has 0 radical (unpaired) electrons. The molecule has 2 heterocycles. The molecule has 0 aromatic carbocycles. The van der Waals surface area contributed by atoms with Gasteiger partial charge in [-0.25, -0.2) is 0 Å². The Hall–Kier alpha value is 0.270. The number of likely N-dealkylation sites (tertiary alicyclic amines) is 1. The van der Waals surface area contributed by atoms with Crippen molar-refractivity contribution in [3.05, 3.63) is 0 Å². The fourth-order valence-corrected chi connectivity index (χ4v) is 3.06. The van der Waals surface area contributed by atoms with Crippen LogP contribution >= 0.6 is 11.8 Å². The predicted octanol–water partition coefficient (Wildman–Crippen LogP) is 0.395. The molecule has 0 aliphatic carbocycles. The maximum absolute atomic E-state index is 3.31. The third-order valence-electron chi connectivity index (χ3n) is 2.74. The number of nitrogens with zero attached hydrogens (tertiary/aromatic N) is 1. The minimum atomic E-state index is 0.778. The monoisotopic (exact) mass is 172 g/mol. The lowest BCUT2D eigenvalue weighted by molar-refractivity contribution is 0.0914. The summed E-state index contributed by atoms with van der Waals surface area (Å²) in [5, 5.41) is 3.31. The van der Waals surface area contributed by atoms with Crippen LogP contribution in [0.3, 0.4) is 0 Å². The number of nitrogens with one attached hydrogen (secondary N) is 1. The third-order valence-corrected chi connectivity index (χ3v) is 3.88. The standard InChI is InChI=1S/C8H16N2S/c1-9-7-4-10(5-7)8-2-3-11-6-8/h7-9H,2-6H2,1H3/t8-/m0/s1. The van der Waals surface area contributed by atoms with E-state index in [9.17, 15) is 0 Å². The number of hydrogen-bond donors (Lipinski definition) is 1. The highest BCUT2D eigenvalue weighted by molar-refractivity contribution is 7.99. The zero-order chi connectivity index (χ0) is 7.68. The van der Waals surface area contributed by atoms with Gasteiger partial charge in [-0.3, -0.25) is 4.90 Å². The fourth-order valence-electron chi connectivity index (χ4n) is 1.80. The normalized spacial score (nSPS) is 34.1. The van der Waals surface area contributed by atoms with E-state index in [1.165, 1.54) is 31.0 Å². The van der Waals surface area contributed by atoms with Crippen molar-refractivity contribution in [2.24, 2.45) is 0 Å². The lowest BCUT2D eigenvalue weighted by Gasteiger charge is -2.42. The van der Waals surface area contributed by atoms with E-state index in [0.717, 1.165) is 12.1 Å². The van der Waals surface area contributed by atoms with Gasteiger partial charge in [-0.15, -0.1) is 0 Å². The molecule has 11 heavy (non-hydrogen) atoms. The molecule has 0 bridgehead atoms. The van der Waals surface area contributed by atoms with Gasteiger partial charge in [-0.2, -0.15) is 11.8 Å². The molecular formula is C8H16N2S. The summed E-state index contributed by atoms with van der Waals surface area (Å²) in [5.74, 6) is 2.75. The molecule has 2 aliphatic heterocycles. The first-order chi connectivity index (χ1) is 5.40. The molecule has 1 atom stereocenters. The molecule has 0 aromatic heterocycles. The van der Waals surface area contributed by atoms with Crippen LogP contribution in [0.1, 0.15) is 6.42 Å². The van der Waals surface area contributed by atoms with E-state index < -0.39 is 0 Å². The summed E-state index contributed by atoms with van der Waals surface area (Å²) in [6.45, 7) is 2.56. The van der Waals surface area contributed by atoms with E-state index in [0.29, 0.717) is 0 Å². The van der Waals surface area contributed by atoms with Crippen molar-refractivity contribution >= 4 is 11.8 Å². The van der Waals surface area contributed by atoms with Crippen LogP contribution in [0.25, 0.3) is 0 Å². The largest absolute Gasteiger partial charge is 0.315 e. The van der Waals surface area contributed by atoms with E-state index >= 15 is 0 Å². The molecule has 0 saturated carbocycles. The van der Waals surface area contributed by atoms with Crippen molar-refractivity contribution in [3.63, 3.8) is 0 Å². The molecule has 2 rings (SSSR count). The summed E-state index contributed by atoms with van der Waals surface area (Å²) in [6.07, 6.45) is 1.42. The first kappa shape index (κ1) is 7.90. The molecule has 0 aromatic rings. The van der Waals surface area contributed by atoms with Crippen LogP contribution in [0.2, 0.25) is 0 Å². The molecule has 2 saturated heterocycles. The third kappa shape index (κ3) is 1.55. The maximum Gasteiger partial charge on any atom is 0.0320 e. The van der Waals surface area contributed by atoms with Gasteiger partial charge in [0.1, 0.15) is 0 Å². The zero-order valence-electron chi connectivity index (χ0n) is 7.05. The summed E-state index contributed by atoms with van der Waals surface area (Å²) >= 11 is 2.11. The second-order valence-electron chi connectivity index (χ2n) is 3.46. The second kappa shape index (κ2) is 3.33. The fraction of sp³-hybridized carbons (Fsp3) is 1.00. The molecule has 2 aliphatic rings. The summed E-state index contributed by atoms with van der Waals surface area (Å²) < 4.78 is 0. The first-order valence-corrected chi connectivity index (χ1v) is 5.54. The maximum atomic E-state index is 3.31. The van der Waals surface area contributed by atoms with Crippen LogP contribution in [-0.2, 0) is 0 Å². The van der Waals surface area contributed by atoms with Crippen molar-refractivity contribution in [1.82, 2.24) is 10.2 Å². The van der Waals surface area contributed by atoms with Gasteiger partial charge in [0, 0.05) is 30.9 Å². The summed E-state index contributed by atoms with van der Waals surface area (Å²) in [6, 6.07) is 1.69. The highest BCUT2D eigenvalue weighted by Crippen LogP contribution is 2.25. The van der Waals surface area contributed by atoms with E-state index in [1.54, 1.807) is 0 Å². The Morgan fingerprint density at radius 2 is 2.27 bits per heavy atom. The predicted molar refractivity (Wildman–Crippen MR) is 50.2 cm³/mol. The van der Waals surface area contributed by atoms with E-state index in [2.05, 4.69) is 29.0 Å². The molecule has 0 unspecified atom stereocenters. The van der Waals surface area contributed by atoms with E-state index in [-0.39, 0.29) is 0 Å². The molecule has 0 spiro atoms. The van der Waals surface area contributed by atoms with E-state index in [4.69, 9.17) is 0 Å². The average molecular weight is 172 g/mol. The number of likely N-dealkylation sites (N-methyl/N-ethyl adjacent to an activating group) is 1. The van der Waals surface area contributed by atoms with Gasteiger partial charge < -0.3 is 5.32 Å². The van der Waals surface area contributed by atoms with Crippen molar-refractivity contribution < 1.29 is 0 Å². The van der Waals surface area contributed by atoms with Crippen LogP contribution < -0.4 is 5.32 Å². The van der Waals surface area contributed by atoms with E-state index in [1.807, 2.05) is 0 Å². The van der Waals surface area contributed by atoms with Crippen molar-refractivity contribution in [2.75, 3.05) is 31.6 Å². The van der Waals surface area contributed by atoms with Crippen molar-refractivity contribution in [3.8, 4) is 0 Å². The van der Waals surface area contributed by atoms with Crippen LogP contribution in [0.15, 0.2) is 0 Å². The second-order valence-corrected chi connectivity index (χ2v) is 4.61. The smallest absolute Gasteiger partial charge is 0.0320 e. The molecule has 1 N–H and O–H groups in total. The Bertz CT molecular complexity index is 128. The Morgan fingerprint density at radius 1 is 1.45 bits per heavy atom. The Morgan fingerprint density at radius 3 is 2.82 bits per heavy atom. The molecule has 64 valence electrons. The summed E-state index contributed by atoms with van der Waals surface area (Å²) in [7, 11) is 2.06. The quantitative estimate of drug-likeness (QED) is 0.649. The lowest BCUT2D eigenvalue weighted by Crippen LogP contribution is -2.60. The Labute approximate surface area is 72.7 Å². The zero-order valence-corrected chi connectivity index (χ0v) is 7.86. The first-order valence-electron chi connectivity index (χ1n) is 4.39. The summed E-state index contributed by atoms with van der Waals surface area (Å²) in [5.41, 5.74) is 0.